The summed E-state index contributed by atoms with van der Waals surface area (Å²) in [5.74, 6) is 0.958. The molecule has 0 unspecified atom stereocenters. The van der Waals surface area contributed by atoms with Crippen LogP contribution in [0.1, 0.15) is 24.5 Å². The lowest BCUT2D eigenvalue weighted by atomic mass is 9.95. The number of thiazole rings is 1. The number of hydrogen-bond donors (Lipinski definition) is 1. The quantitative estimate of drug-likeness (QED) is 0.878. The van der Waals surface area contributed by atoms with Gasteiger partial charge in [-0.15, -0.1) is 11.3 Å². The molecule has 2 aromatic heterocycles. The first kappa shape index (κ1) is 14.6. The molecule has 0 saturated carbocycles. The topological polar surface area (TPSA) is 71.0 Å². The van der Waals surface area contributed by atoms with Crippen LogP contribution in [0.2, 0.25) is 0 Å². The maximum absolute atomic E-state index is 11.8. The van der Waals surface area contributed by atoms with E-state index in [2.05, 4.69) is 26.8 Å². The second-order valence-corrected chi connectivity index (χ2v) is 5.98. The summed E-state index contributed by atoms with van der Waals surface area (Å²) in [7, 11) is 0. The van der Waals surface area contributed by atoms with Crippen LogP contribution in [-0.4, -0.2) is 38.8 Å². The Kier molecular flexibility index (Phi) is 4.43. The number of likely N-dealkylation sites (tertiary alicyclic amines) is 1. The van der Waals surface area contributed by atoms with Crippen molar-refractivity contribution in [2.75, 3.05) is 18.4 Å². The van der Waals surface area contributed by atoms with E-state index in [0.29, 0.717) is 12.4 Å². The lowest BCUT2D eigenvalue weighted by Gasteiger charge is -2.31. The Balaban J connectivity index is 1.68. The summed E-state index contributed by atoms with van der Waals surface area (Å²) in [6.45, 7) is 5.07. The van der Waals surface area contributed by atoms with Gasteiger partial charge in [-0.05, 0) is 18.9 Å². The van der Waals surface area contributed by atoms with Crippen LogP contribution >= 0.6 is 11.3 Å². The molecule has 1 aliphatic rings. The summed E-state index contributed by atoms with van der Waals surface area (Å²) in [6.07, 6.45) is 8.35. The Morgan fingerprint density at radius 1 is 1.50 bits per heavy atom. The molecule has 0 bridgehead atoms. The van der Waals surface area contributed by atoms with Crippen molar-refractivity contribution in [1.82, 2.24) is 19.9 Å². The Morgan fingerprint density at radius 2 is 2.41 bits per heavy atom. The van der Waals surface area contributed by atoms with Crippen molar-refractivity contribution in [2.24, 2.45) is 0 Å². The first-order valence-corrected chi connectivity index (χ1v) is 8.04. The summed E-state index contributed by atoms with van der Waals surface area (Å²) < 4.78 is 0. The maximum Gasteiger partial charge on any atom is 0.245 e. The van der Waals surface area contributed by atoms with Crippen LogP contribution < -0.4 is 5.32 Å². The van der Waals surface area contributed by atoms with Gasteiger partial charge in [0, 0.05) is 36.8 Å². The molecular formula is C15H17N5OS. The minimum Gasteiger partial charge on any atom is -0.339 e. The zero-order valence-corrected chi connectivity index (χ0v) is 12.9. The van der Waals surface area contributed by atoms with Gasteiger partial charge in [0.15, 0.2) is 10.9 Å². The third kappa shape index (κ3) is 3.30. The Labute approximate surface area is 132 Å². The van der Waals surface area contributed by atoms with Crippen LogP contribution in [0.25, 0.3) is 0 Å². The molecule has 1 aliphatic heterocycles. The smallest absolute Gasteiger partial charge is 0.245 e. The van der Waals surface area contributed by atoms with E-state index >= 15 is 0 Å². The average Bonchev–Trinajstić information content (AvgIpc) is 3.04. The number of nitrogens with one attached hydrogen (secondary N) is 1. The second kappa shape index (κ2) is 6.65. The van der Waals surface area contributed by atoms with Gasteiger partial charge in [0.2, 0.25) is 5.91 Å². The van der Waals surface area contributed by atoms with Crippen molar-refractivity contribution in [1.29, 1.82) is 0 Å². The minimum absolute atomic E-state index is 0.00200. The first-order chi connectivity index (χ1) is 10.8. The van der Waals surface area contributed by atoms with E-state index in [1.807, 2.05) is 10.3 Å². The molecule has 22 heavy (non-hydrogen) atoms. The second-order valence-electron chi connectivity index (χ2n) is 5.12. The van der Waals surface area contributed by atoms with Crippen LogP contribution in [-0.2, 0) is 4.79 Å². The van der Waals surface area contributed by atoms with Crippen LogP contribution in [0.4, 0.5) is 10.9 Å². The van der Waals surface area contributed by atoms with E-state index in [-0.39, 0.29) is 11.8 Å². The van der Waals surface area contributed by atoms with Crippen LogP contribution in [0, 0.1) is 0 Å². The normalized spacial score (nSPS) is 18.0. The minimum atomic E-state index is -0.00200. The van der Waals surface area contributed by atoms with Gasteiger partial charge in [-0.1, -0.05) is 6.58 Å². The van der Waals surface area contributed by atoms with Gasteiger partial charge in [0.05, 0.1) is 11.9 Å². The lowest BCUT2D eigenvalue weighted by Crippen LogP contribution is -2.38. The van der Waals surface area contributed by atoms with Gasteiger partial charge in [-0.3, -0.25) is 9.78 Å². The number of anilines is 2. The maximum atomic E-state index is 11.8. The zero-order chi connectivity index (χ0) is 15.4. The van der Waals surface area contributed by atoms with Crippen molar-refractivity contribution in [3.63, 3.8) is 0 Å². The highest BCUT2D eigenvalue weighted by Crippen LogP contribution is 2.30. The number of piperidine rings is 1. The Bertz CT molecular complexity index is 657. The third-order valence-electron chi connectivity index (χ3n) is 3.65. The van der Waals surface area contributed by atoms with Gasteiger partial charge in [0.25, 0.3) is 0 Å². The molecule has 1 N–H and O–H groups in total. The van der Waals surface area contributed by atoms with E-state index < -0.39 is 0 Å². The predicted octanol–water partition coefficient (Wildman–Crippen LogP) is 2.57. The molecule has 1 fully saturated rings. The summed E-state index contributed by atoms with van der Waals surface area (Å²) in [4.78, 5) is 26.4. The van der Waals surface area contributed by atoms with E-state index in [1.54, 1.807) is 18.6 Å². The van der Waals surface area contributed by atoms with Gasteiger partial charge >= 0.3 is 0 Å². The van der Waals surface area contributed by atoms with E-state index in [1.165, 1.54) is 17.4 Å². The molecule has 0 aromatic carbocycles. The highest BCUT2D eigenvalue weighted by molar-refractivity contribution is 7.13. The molecule has 0 aliphatic carbocycles. The van der Waals surface area contributed by atoms with Gasteiger partial charge in [0.1, 0.15) is 0 Å². The molecule has 3 heterocycles. The largest absolute Gasteiger partial charge is 0.339 e. The number of carbonyl (C=O) groups excluding carboxylic acids is 1. The fraction of sp³-hybridized carbons (Fsp3) is 0.333. The fourth-order valence-corrected chi connectivity index (χ4v) is 3.35. The molecule has 3 rings (SSSR count). The molecule has 1 amide bonds. The summed E-state index contributed by atoms with van der Waals surface area (Å²) in [5.41, 5.74) is 1.03. The van der Waals surface area contributed by atoms with Gasteiger partial charge in [-0.25, -0.2) is 9.97 Å². The molecule has 2 aromatic rings. The monoisotopic (exact) mass is 315 g/mol. The van der Waals surface area contributed by atoms with Crippen molar-refractivity contribution in [3.8, 4) is 0 Å². The van der Waals surface area contributed by atoms with Gasteiger partial charge < -0.3 is 10.2 Å². The van der Waals surface area contributed by atoms with Crippen molar-refractivity contribution >= 4 is 28.2 Å². The average molecular weight is 315 g/mol. The van der Waals surface area contributed by atoms with Crippen molar-refractivity contribution in [3.05, 3.63) is 42.3 Å². The first-order valence-electron chi connectivity index (χ1n) is 7.16. The summed E-state index contributed by atoms with van der Waals surface area (Å²) in [5, 5.41) is 5.99. The van der Waals surface area contributed by atoms with E-state index in [4.69, 9.17) is 0 Å². The molecule has 6 nitrogen and oxygen atoms in total. The molecule has 1 saturated heterocycles. The number of aromatic nitrogens is 3. The van der Waals surface area contributed by atoms with E-state index in [9.17, 15) is 4.79 Å². The molecule has 0 radical (unpaired) electrons. The highest BCUT2D eigenvalue weighted by atomic mass is 32.1. The standard InChI is InChI=1S/C15H17N5OS/c1-2-14(21)20-7-3-4-11(9-20)12-10-22-15(18-12)19-13-8-16-5-6-17-13/h2,5-6,8,10-11H,1,3-4,7,9H2,(H,17,18,19)/t11-/m1/s1. The Morgan fingerprint density at radius 3 is 3.18 bits per heavy atom. The SMILES string of the molecule is C=CC(=O)N1CCC[C@@H](c2csc(Nc3cnccn3)n2)C1. The summed E-state index contributed by atoms with van der Waals surface area (Å²) >= 11 is 1.54. The van der Waals surface area contributed by atoms with Crippen molar-refractivity contribution in [2.45, 2.75) is 18.8 Å². The number of amides is 1. The van der Waals surface area contributed by atoms with Crippen LogP contribution in [0.3, 0.4) is 0 Å². The molecular weight excluding hydrogens is 298 g/mol. The molecule has 7 heteroatoms. The predicted molar refractivity (Wildman–Crippen MR) is 86.2 cm³/mol. The zero-order valence-electron chi connectivity index (χ0n) is 12.1. The van der Waals surface area contributed by atoms with Crippen molar-refractivity contribution < 1.29 is 4.79 Å². The number of hydrogen-bond acceptors (Lipinski definition) is 6. The fourth-order valence-electron chi connectivity index (χ4n) is 2.55. The number of nitrogens with zero attached hydrogens (tertiary/aromatic N) is 4. The molecule has 0 spiro atoms. The summed E-state index contributed by atoms with van der Waals surface area (Å²) in [6, 6.07) is 0. The molecule has 114 valence electrons. The third-order valence-corrected chi connectivity index (χ3v) is 4.42. The number of carbonyl (C=O) groups is 1. The highest BCUT2D eigenvalue weighted by Gasteiger charge is 2.25. The molecule has 1 atom stereocenters. The van der Waals surface area contributed by atoms with Crippen LogP contribution in [0.15, 0.2) is 36.6 Å². The Hall–Kier alpha value is -2.28. The lowest BCUT2D eigenvalue weighted by molar-refractivity contribution is -0.127. The van der Waals surface area contributed by atoms with Gasteiger partial charge in [-0.2, -0.15) is 0 Å². The van der Waals surface area contributed by atoms with E-state index in [0.717, 1.165) is 30.2 Å². The van der Waals surface area contributed by atoms with Crippen LogP contribution in [0.5, 0.6) is 0 Å². The number of rotatable bonds is 4.